The number of nitrogens with zero attached hydrogens (tertiary/aromatic N) is 2. The second-order valence-corrected chi connectivity index (χ2v) is 15.3. The van der Waals surface area contributed by atoms with Crippen LogP contribution >= 0.6 is 23.2 Å². The summed E-state index contributed by atoms with van der Waals surface area (Å²) in [5, 5.41) is 3.62. The molecule has 49 heavy (non-hydrogen) atoms. The van der Waals surface area contributed by atoms with E-state index in [0.717, 1.165) is 15.4 Å². The molecular weight excluding hydrogens is 685 g/mol. The van der Waals surface area contributed by atoms with Gasteiger partial charge in [0.25, 0.3) is 10.0 Å². The highest BCUT2D eigenvalue weighted by Crippen LogP contribution is 2.34. The molecule has 1 unspecified atom stereocenters. The van der Waals surface area contributed by atoms with Gasteiger partial charge < -0.3 is 19.7 Å². The normalized spacial score (nSPS) is 12.2. The van der Waals surface area contributed by atoms with Gasteiger partial charge in [0, 0.05) is 24.6 Å². The van der Waals surface area contributed by atoms with Crippen LogP contribution in [0.1, 0.15) is 37.5 Å². The Kier molecular flexibility index (Phi) is 12.2. The van der Waals surface area contributed by atoms with Crippen molar-refractivity contribution in [1.29, 1.82) is 0 Å². The van der Waals surface area contributed by atoms with Crippen LogP contribution in [0.4, 0.5) is 5.69 Å². The number of carbonyl (C=O) groups is 2. The maximum atomic E-state index is 14.7. The lowest BCUT2D eigenvalue weighted by molar-refractivity contribution is -0.140. The topological polar surface area (TPSA) is 105 Å². The van der Waals surface area contributed by atoms with E-state index in [-0.39, 0.29) is 34.3 Å². The molecule has 4 rings (SSSR count). The molecule has 9 nitrogen and oxygen atoms in total. The van der Waals surface area contributed by atoms with Crippen molar-refractivity contribution in [3.05, 3.63) is 118 Å². The van der Waals surface area contributed by atoms with Crippen molar-refractivity contribution in [3.63, 3.8) is 0 Å². The highest BCUT2D eigenvalue weighted by molar-refractivity contribution is 7.92. The van der Waals surface area contributed by atoms with Gasteiger partial charge >= 0.3 is 0 Å². The van der Waals surface area contributed by atoms with E-state index in [1.807, 2.05) is 58.0 Å². The number of hydrogen-bond donors (Lipinski definition) is 1. The monoisotopic (exact) mass is 725 g/mol. The summed E-state index contributed by atoms with van der Waals surface area (Å²) in [4.78, 5) is 30.2. The van der Waals surface area contributed by atoms with E-state index < -0.39 is 40.0 Å². The number of ether oxygens (including phenoxy) is 2. The fourth-order valence-corrected chi connectivity index (χ4v) is 6.91. The second-order valence-electron chi connectivity index (χ2n) is 12.6. The molecule has 0 aliphatic rings. The largest absolute Gasteiger partial charge is 0.493 e. The number of carbonyl (C=O) groups excluding carboxylic acids is 2. The molecule has 1 N–H and O–H groups in total. The van der Waals surface area contributed by atoms with Gasteiger partial charge in [0.2, 0.25) is 11.8 Å². The fourth-order valence-electron chi connectivity index (χ4n) is 5.19. The lowest BCUT2D eigenvalue weighted by Gasteiger charge is -2.35. The van der Waals surface area contributed by atoms with Crippen LogP contribution in [0.5, 0.6) is 11.5 Å². The summed E-state index contributed by atoms with van der Waals surface area (Å²) in [6.07, 6.45) is 0.164. The number of methoxy groups -OCH3 is 2. The molecule has 0 fully saturated rings. The summed E-state index contributed by atoms with van der Waals surface area (Å²) >= 11 is 12.6. The summed E-state index contributed by atoms with van der Waals surface area (Å²) in [5.74, 6) is -0.366. The molecule has 0 aliphatic carbocycles. The van der Waals surface area contributed by atoms with Gasteiger partial charge in [-0.15, -0.1) is 0 Å². The van der Waals surface area contributed by atoms with Crippen LogP contribution in [0, 0.1) is 6.92 Å². The molecule has 4 aromatic rings. The molecule has 1 atom stereocenters. The van der Waals surface area contributed by atoms with Crippen LogP contribution in [0.3, 0.4) is 0 Å². The third kappa shape index (κ3) is 9.68. The molecule has 2 amide bonds. The Bertz CT molecular complexity index is 1880. The van der Waals surface area contributed by atoms with Crippen molar-refractivity contribution in [2.75, 3.05) is 25.1 Å². The average molecular weight is 727 g/mol. The molecule has 0 aromatic heterocycles. The summed E-state index contributed by atoms with van der Waals surface area (Å²) in [6.45, 7) is 6.70. The third-order valence-electron chi connectivity index (χ3n) is 7.65. The molecule has 0 bridgehead atoms. The van der Waals surface area contributed by atoms with Gasteiger partial charge in [0.05, 0.1) is 34.8 Å². The predicted molar refractivity (Wildman–Crippen MR) is 194 cm³/mol. The summed E-state index contributed by atoms with van der Waals surface area (Å²) < 4.78 is 40.6. The van der Waals surface area contributed by atoms with E-state index in [9.17, 15) is 18.0 Å². The maximum Gasteiger partial charge on any atom is 0.264 e. The first-order valence-corrected chi connectivity index (χ1v) is 17.7. The van der Waals surface area contributed by atoms with Crippen molar-refractivity contribution in [1.82, 2.24) is 10.2 Å². The second kappa shape index (κ2) is 16.0. The SMILES string of the molecule is COc1ccc(N(CC(=O)N(Cc2ccc(Cl)c(Cl)c2)C(Cc2ccccc2)C(=O)NC(C)(C)C)S(=O)(=O)c2ccc(C)cc2)cc1OC. The summed E-state index contributed by atoms with van der Waals surface area (Å²) in [6, 6.07) is 24.2. The van der Waals surface area contributed by atoms with Crippen LogP contribution in [0.2, 0.25) is 10.0 Å². The molecule has 260 valence electrons. The van der Waals surface area contributed by atoms with Gasteiger partial charge in [-0.3, -0.25) is 13.9 Å². The van der Waals surface area contributed by atoms with Gasteiger partial charge in [-0.05, 0) is 75.2 Å². The van der Waals surface area contributed by atoms with Crippen molar-refractivity contribution in [2.45, 2.75) is 57.1 Å². The first kappa shape index (κ1) is 37.6. The number of aryl methyl sites for hydroxylation is 1. The number of benzene rings is 4. The zero-order valence-electron chi connectivity index (χ0n) is 28.4. The van der Waals surface area contributed by atoms with E-state index in [1.165, 1.54) is 43.4 Å². The van der Waals surface area contributed by atoms with Gasteiger partial charge in [-0.1, -0.05) is 77.3 Å². The zero-order valence-corrected chi connectivity index (χ0v) is 30.7. The maximum absolute atomic E-state index is 14.7. The molecule has 0 spiro atoms. The van der Waals surface area contributed by atoms with Crippen LogP contribution in [0.15, 0.2) is 95.9 Å². The lowest BCUT2D eigenvalue weighted by Crippen LogP contribution is -2.56. The van der Waals surface area contributed by atoms with Crippen molar-refractivity contribution < 1.29 is 27.5 Å². The number of amides is 2. The van der Waals surface area contributed by atoms with Gasteiger partial charge in [0.15, 0.2) is 11.5 Å². The first-order chi connectivity index (χ1) is 23.1. The van der Waals surface area contributed by atoms with E-state index in [0.29, 0.717) is 16.3 Å². The van der Waals surface area contributed by atoms with Gasteiger partial charge in [0.1, 0.15) is 12.6 Å². The quantitative estimate of drug-likeness (QED) is 0.158. The molecule has 0 aliphatic heterocycles. The number of anilines is 1. The Morgan fingerprint density at radius 2 is 1.47 bits per heavy atom. The number of halogens is 2. The fraction of sp³-hybridized carbons (Fsp3) is 0.297. The Hall–Kier alpha value is -4.25. The minimum atomic E-state index is -4.31. The average Bonchev–Trinajstić information content (AvgIpc) is 3.06. The van der Waals surface area contributed by atoms with Crippen LogP contribution < -0.4 is 19.1 Å². The van der Waals surface area contributed by atoms with Gasteiger partial charge in [-0.25, -0.2) is 8.42 Å². The Labute approximate surface area is 298 Å². The smallest absolute Gasteiger partial charge is 0.264 e. The number of hydrogen-bond acceptors (Lipinski definition) is 6. The molecule has 0 saturated carbocycles. The number of rotatable bonds is 13. The van der Waals surface area contributed by atoms with E-state index >= 15 is 0 Å². The van der Waals surface area contributed by atoms with Gasteiger partial charge in [-0.2, -0.15) is 0 Å². The molecule has 0 radical (unpaired) electrons. The van der Waals surface area contributed by atoms with E-state index in [2.05, 4.69) is 5.32 Å². The minimum absolute atomic E-state index is 0.0111. The Morgan fingerprint density at radius 3 is 2.06 bits per heavy atom. The molecule has 12 heteroatoms. The summed E-state index contributed by atoms with van der Waals surface area (Å²) in [7, 11) is -1.40. The lowest BCUT2D eigenvalue weighted by atomic mass is 10.0. The number of sulfonamides is 1. The van der Waals surface area contributed by atoms with Crippen LogP contribution in [-0.4, -0.2) is 57.5 Å². The minimum Gasteiger partial charge on any atom is -0.493 e. The highest BCUT2D eigenvalue weighted by Gasteiger charge is 2.36. The van der Waals surface area contributed by atoms with E-state index in [4.69, 9.17) is 32.7 Å². The standard InChI is InChI=1S/C37H41Cl2N3O6S/c1-25-12-16-29(17-13-25)49(45,46)42(28-15-19-33(47-5)34(22-28)48-6)24-35(43)41(23-27-14-18-30(38)31(39)20-27)32(36(44)40-37(2,3)4)21-26-10-8-7-9-11-26/h7-20,22,32H,21,23-24H2,1-6H3,(H,40,44). The number of nitrogens with one attached hydrogen (secondary N) is 1. The van der Waals surface area contributed by atoms with Crippen molar-refractivity contribution in [2.24, 2.45) is 0 Å². The van der Waals surface area contributed by atoms with E-state index in [1.54, 1.807) is 36.4 Å². The predicted octanol–water partition coefficient (Wildman–Crippen LogP) is 7.07. The zero-order chi connectivity index (χ0) is 35.9. The Morgan fingerprint density at radius 1 is 0.816 bits per heavy atom. The summed E-state index contributed by atoms with van der Waals surface area (Å²) in [5.41, 5.74) is 1.83. The first-order valence-electron chi connectivity index (χ1n) is 15.5. The van der Waals surface area contributed by atoms with Crippen LogP contribution in [0.25, 0.3) is 0 Å². The van der Waals surface area contributed by atoms with Crippen LogP contribution in [-0.2, 0) is 32.6 Å². The molecule has 0 heterocycles. The molecule has 0 saturated heterocycles. The Balaban J connectivity index is 1.87. The highest BCUT2D eigenvalue weighted by atomic mass is 35.5. The third-order valence-corrected chi connectivity index (χ3v) is 10.2. The molecular formula is C37H41Cl2N3O6S. The van der Waals surface area contributed by atoms with Crippen molar-refractivity contribution in [3.8, 4) is 11.5 Å². The molecule has 4 aromatic carbocycles. The van der Waals surface area contributed by atoms with Crippen molar-refractivity contribution >= 4 is 50.7 Å².